The van der Waals surface area contributed by atoms with Gasteiger partial charge in [-0.1, -0.05) is 32.0 Å². The predicted octanol–water partition coefficient (Wildman–Crippen LogP) is 2.37. The van der Waals surface area contributed by atoms with Gasteiger partial charge < -0.3 is 0 Å². The van der Waals surface area contributed by atoms with Crippen LogP contribution in [0.15, 0.2) is 0 Å². The van der Waals surface area contributed by atoms with Crippen LogP contribution < -0.4 is 0 Å². The third-order valence-electron chi connectivity index (χ3n) is 1.13. The molecular weight excluding hydrogens is 118 g/mol. The Hall–Kier alpha value is 0.355. The summed E-state index contributed by atoms with van der Waals surface area (Å²) < 4.78 is 0. The maximum atomic E-state index is 5.69. The maximum absolute atomic E-state index is 5.69. The van der Waals surface area contributed by atoms with Gasteiger partial charge in [0, 0.05) is 5.88 Å². The van der Waals surface area contributed by atoms with E-state index in [-0.39, 0.29) is 5.31 Å². The van der Waals surface area contributed by atoms with Crippen molar-refractivity contribution in [2.24, 2.45) is 0 Å². The molecule has 0 spiro atoms. The molecule has 0 nitrogen and oxygen atoms in total. The van der Waals surface area contributed by atoms with E-state index >= 15 is 0 Å². The first-order valence-electron chi connectivity index (χ1n) is 2.97. The second-order valence-corrected chi connectivity index (χ2v) is 2.80. The highest BCUT2D eigenvalue weighted by Gasteiger charge is 2.12. The first-order valence-corrected chi connectivity index (χ1v) is 3.50. The average Bonchev–Trinajstić information content (AvgIpc) is 1.67. The van der Waals surface area contributed by atoms with Crippen molar-refractivity contribution in [3.05, 3.63) is 0 Å². The molecule has 0 aromatic carbocycles. The summed E-state index contributed by atoms with van der Waals surface area (Å²) >= 11 is 5.55. The van der Waals surface area contributed by atoms with Crippen molar-refractivity contribution >= 4 is 19.4 Å². The smallest absolute Gasteiger partial charge is 0.0758 e. The lowest BCUT2D eigenvalue weighted by Gasteiger charge is -2.19. The normalized spacial score (nSPS) is 17.9. The van der Waals surface area contributed by atoms with Crippen LogP contribution in [-0.2, 0) is 0 Å². The van der Waals surface area contributed by atoms with E-state index in [4.69, 9.17) is 19.4 Å². The van der Waals surface area contributed by atoms with Gasteiger partial charge in [-0.05, 0) is 0 Å². The summed E-state index contributed by atoms with van der Waals surface area (Å²) in [5.41, 5.74) is 0. The van der Waals surface area contributed by atoms with Crippen LogP contribution >= 0.6 is 11.6 Å². The summed E-state index contributed by atoms with van der Waals surface area (Å²) in [7, 11) is 5.69. The van der Waals surface area contributed by atoms with E-state index in [0.717, 1.165) is 12.8 Å². The number of hydrogen-bond donors (Lipinski definition) is 0. The van der Waals surface area contributed by atoms with Crippen molar-refractivity contribution in [3.8, 4) is 0 Å². The molecule has 0 saturated carbocycles. The fourth-order valence-electron chi connectivity index (χ4n) is 0.638. The molecule has 0 aliphatic heterocycles. The van der Waals surface area contributed by atoms with Crippen LogP contribution in [-0.4, -0.2) is 13.7 Å². The SMILES string of the molecule is [B]C(C)(CCl)CCC. The molecule has 0 rings (SSSR count). The summed E-state index contributed by atoms with van der Waals surface area (Å²) in [5.74, 6) is 0.556. The Morgan fingerprint density at radius 2 is 2.12 bits per heavy atom. The van der Waals surface area contributed by atoms with E-state index in [0.29, 0.717) is 5.88 Å². The average molecular weight is 130 g/mol. The van der Waals surface area contributed by atoms with Crippen LogP contribution in [0.25, 0.3) is 0 Å². The standard InChI is InChI=1S/C6H12BCl/c1-3-4-6(2,7)5-8/h3-5H2,1-2H3. The lowest BCUT2D eigenvalue weighted by atomic mass is 9.69. The second kappa shape index (κ2) is 3.39. The molecule has 2 heteroatoms. The van der Waals surface area contributed by atoms with E-state index < -0.39 is 0 Å². The minimum absolute atomic E-state index is 0.143. The molecule has 0 aliphatic rings. The highest BCUT2D eigenvalue weighted by atomic mass is 35.5. The highest BCUT2D eigenvalue weighted by molar-refractivity contribution is 6.26. The minimum atomic E-state index is -0.143. The Balaban J connectivity index is 3.37. The number of rotatable bonds is 3. The van der Waals surface area contributed by atoms with Gasteiger partial charge in [-0.3, -0.25) is 0 Å². The van der Waals surface area contributed by atoms with Gasteiger partial charge in [-0.2, -0.15) is 0 Å². The molecule has 0 aromatic heterocycles. The van der Waals surface area contributed by atoms with Crippen LogP contribution in [0, 0.1) is 0 Å². The molecule has 0 aromatic rings. The summed E-state index contributed by atoms with van der Waals surface area (Å²) in [6.07, 6.45) is 2.12. The molecule has 0 saturated heterocycles. The molecular formula is C6H12BCl. The number of alkyl halides is 1. The van der Waals surface area contributed by atoms with Gasteiger partial charge in [0.15, 0.2) is 0 Å². The fourth-order valence-corrected chi connectivity index (χ4v) is 0.772. The van der Waals surface area contributed by atoms with Crippen LogP contribution in [0.5, 0.6) is 0 Å². The van der Waals surface area contributed by atoms with Gasteiger partial charge in [-0.15, -0.1) is 11.6 Å². The molecule has 2 radical (unpaired) electrons. The fraction of sp³-hybridized carbons (Fsp3) is 1.00. The molecule has 0 amide bonds. The van der Waals surface area contributed by atoms with Gasteiger partial charge in [0.05, 0.1) is 7.85 Å². The Morgan fingerprint density at radius 1 is 1.62 bits per heavy atom. The molecule has 0 aliphatic carbocycles. The topological polar surface area (TPSA) is 0 Å². The van der Waals surface area contributed by atoms with Gasteiger partial charge in [0.25, 0.3) is 0 Å². The summed E-state index contributed by atoms with van der Waals surface area (Å²) in [6.45, 7) is 4.08. The quantitative estimate of drug-likeness (QED) is 0.406. The maximum Gasteiger partial charge on any atom is 0.0758 e. The van der Waals surface area contributed by atoms with E-state index in [1.165, 1.54) is 0 Å². The van der Waals surface area contributed by atoms with Crippen molar-refractivity contribution in [1.82, 2.24) is 0 Å². The van der Waals surface area contributed by atoms with Gasteiger partial charge in [0.1, 0.15) is 0 Å². The third-order valence-corrected chi connectivity index (χ3v) is 1.74. The first-order chi connectivity index (χ1) is 3.62. The van der Waals surface area contributed by atoms with Crippen molar-refractivity contribution in [3.63, 3.8) is 0 Å². The molecule has 1 unspecified atom stereocenters. The Bertz CT molecular complexity index is 61.5. The molecule has 0 N–H and O–H groups in total. The monoisotopic (exact) mass is 130 g/mol. The third kappa shape index (κ3) is 3.37. The van der Waals surface area contributed by atoms with Crippen molar-refractivity contribution < 1.29 is 0 Å². The molecule has 0 heterocycles. The Labute approximate surface area is 58.0 Å². The summed E-state index contributed by atoms with van der Waals surface area (Å²) in [5, 5.41) is -0.143. The highest BCUT2D eigenvalue weighted by Crippen LogP contribution is 2.27. The van der Waals surface area contributed by atoms with E-state index in [1.54, 1.807) is 0 Å². The van der Waals surface area contributed by atoms with Crippen molar-refractivity contribution in [2.45, 2.75) is 32.0 Å². The minimum Gasteiger partial charge on any atom is -0.127 e. The van der Waals surface area contributed by atoms with E-state index in [9.17, 15) is 0 Å². The van der Waals surface area contributed by atoms with Crippen LogP contribution in [0.2, 0.25) is 5.31 Å². The zero-order valence-corrected chi connectivity index (χ0v) is 6.33. The van der Waals surface area contributed by atoms with E-state index in [2.05, 4.69) is 6.92 Å². The zero-order chi connectivity index (χ0) is 6.62. The molecule has 0 bridgehead atoms. The lowest BCUT2D eigenvalue weighted by molar-refractivity contribution is 0.606. The molecule has 8 heavy (non-hydrogen) atoms. The van der Waals surface area contributed by atoms with Gasteiger partial charge in [-0.25, -0.2) is 0 Å². The van der Waals surface area contributed by atoms with Crippen molar-refractivity contribution in [2.75, 3.05) is 5.88 Å². The summed E-state index contributed by atoms with van der Waals surface area (Å²) in [4.78, 5) is 0. The molecule has 0 fully saturated rings. The number of hydrogen-bond acceptors (Lipinski definition) is 0. The van der Waals surface area contributed by atoms with Crippen LogP contribution in [0.3, 0.4) is 0 Å². The Kier molecular flexibility index (Phi) is 3.54. The number of halogens is 1. The zero-order valence-electron chi connectivity index (χ0n) is 5.58. The van der Waals surface area contributed by atoms with E-state index in [1.807, 2.05) is 6.92 Å². The second-order valence-electron chi connectivity index (χ2n) is 2.54. The van der Waals surface area contributed by atoms with Gasteiger partial charge in [0.2, 0.25) is 0 Å². The van der Waals surface area contributed by atoms with Gasteiger partial charge >= 0.3 is 0 Å². The first kappa shape index (κ1) is 8.35. The molecule has 46 valence electrons. The van der Waals surface area contributed by atoms with Crippen LogP contribution in [0.4, 0.5) is 0 Å². The Morgan fingerprint density at radius 3 is 2.25 bits per heavy atom. The molecule has 1 atom stereocenters. The lowest BCUT2D eigenvalue weighted by Crippen LogP contribution is -2.08. The van der Waals surface area contributed by atoms with Crippen molar-refractivity contribution in [1.29, 1.82) is 0 Å². The van der Waals surface area contributed by atoms with Crippen LogP contribution in [0.1, 0.15) is 26.7 Å². The summed E-state index contributed by atoms with van der Waals surface area (Å²) in [6, 6.07) is 0. The predicted molar refractivity (Wildman–Crippen MR) is 39.7 cm³/mol. The largest absolute Gasteiger partial charge is 0.127 e.